The summed E-state index contributed by atoms with van der Waals surface area (Å²) in [4.78, 5) is 11.8. The van der Waals surface area contributed by atoms with Gasteiger partial charge in [0.05, 0.1) is 4.90 Å². The maximum Gasteiger partial charge on any atom is 0.573 e. The van der Waals surface area contributed by atoms with E-state index in [-0.39, 0.29) is 16.9 Å². The number of carbonyl (C=O) groups is 1. The molecular formula is C20H13F5N2O4S. The molecule has 0 radical (unpaired) electrons. The molecule has 3 aromatic rings. The number of rotatable bonds is 6. The van der Waals surface area contributed by atoms with Crippen LogP contribution in [0.1, 0.15) is 10.4 Å². The summed E-state index contributed by atoms with van der Waals surface area (Å²) in [6, 6.07) is 11.8. The summed E-state index contributed by atoms with van der Waals surface area (Å²) in [7, 11) is -4.22. The van der Waals surface area contributed by atoms with E-state index in [9.17, 15) is 35.2 Å². The van der Waals surface area contributed by atoms with Gasteiger partial charge in [0.2, 0.25) is 0 Å². The second-order valence-electron chi connectivity index (χ2n) is 6.29. The number of hydrogen-bond acceptors (Lipinski definition) is 4. The quantitative estimate of drug-likeness (QED) is 0.499. The van der Waals surface area contributed by atoms with Gasteiger partial charge in [0.15, 0.2) is 11.6 Å². The molecule has 0 aliphatic rings. The first-order chi connectivity index (χ1) is 14.9. The molecular weight excluding hydrogens is 459 g/mol. The maximum atomic E-state index is 13.3. The molecule has 0 unspecified atom stereocenters. The summed E-state index contributed by atoms with van der Waals surface area (Å²) in [5.74, 6) is -3.72. The van der Waals surface area contributed by atoms with Crippen molar-refractivity contribution < 1.29 is 39.9 Å². The zero-order chi connectivity index (χ0) is 23.5. The van der Waals surface area contributed by atoms with Gasteiger partial charge in [-0.05, 0) is 54.6 Å². The zero-order valence-electron chi connectivity index (χ0n) is 15.8. The Bertz CT molecular complexity index is 1250. The number of benzene rings is 3. The van der Waals surface area contributed by atoms with Crippen LogP contribution in [0.2, 0.25) is 0 Å². The minimum absolute atomic E-state index is 0.0341. The summed E-state index contributed by atoms with van der Waals surface area (Å²) in [6.45, 7) is 0. The first-order valence-electron chi connectivity index (χ1n) is 8.68. The topological polar surface area (TPSA) is 84.5 Å². The van der Waals surface area contributed by atoms with E-state index in [0.29, 0.717) is 12.1 Å². The zero-order valence-corrected chi connectivity index (χ0v) is 16.6. The average Bonchev–Trinajstić information content (AvgIpc) is 2.69. The van der Waals surface area contributed by atoms with Crippen molar-refractivity contribution in [2.24, 2.45) is 0 Å². The fraction of sp³-hybridized carbons (Fsp3) is 0.0500. The van der Waals surface area contributed by atoms with Crippen LogP contribution >= 0.6 is 0 Å². The van der Waals surface area contributed by atoms with E-state index in [1.165, 1.54) is 36.4 Å². The number of hydrogen-bond donors (Lipinski definition) is 2. The molecule has 0 aromatic heterocycles. The largest absolute Gasteiger partial charge is 0.573 e. The van der Waals surface area contributed by atoms with Crippen LogP contribution in [-0.2, 0) is 10.0 Å². The summed E-state index contributed by atoms with van der Waals surface area (Å²) >= 11 is 0. The Morgan fingerprint density at radius 1 is 0.844 bits per heavy atom. The third-order valence-electron chi connectivity index (χ3n) is 3.93. The molecule has 2 N–H and O–H groups in total. The molecule has 12 heteroatoms. The highest BCUT2D eigenvalue weighted by Crippen LogP contribution is 2.25. The van der Waals surface area contributed by atoms with Gasteiger partial charge in [-0.15, -0.1) is 13.2 Å². The molecule has 0 atom stereocenters. The summed E-state index contributed by atoms with van der Waals surface area (Å²) in [6.07, 6.45) is -4.88. The van der Waals surface area contributed by atoms with Gasteiger partial charge in [-0.2, -0.15) is 0 Å². The van der Waals surface area contributed by atoms with Crippen LogP contribution in [0.3, 0.4) is 0 Å². The molecule has 1 amide bonds. The van der Waals surface area contributed by atoms with Crippen LogP contribution in [0.25, 0.3) is 0 Å². The van der Waals surface area contributed by atoms with E-state index < -0.39 is 44.6 Å². The van der Waals surface area contributed by atoms with Crippen molar-refractivity contribution in [3.05, 3.63) is 83.9 Å². The highest BCUT2D eigenvalue weighted by molar-refractivity contribution is 7.92. The fourth-order valence-electron chi connectivity index (χ4n) is 2.52. The molecule has 0 aliphatic heterocycles. The number of nitrogens with one attached hydrogen (secondary N) is 2. The number of amides is 1. The maximum absolute atomic E-state index is 13.3. The summed E-state index contributed by atoms with van der Waals surface area (Å²) in [5, 5.41) is 2.39. The lowest BCUT2D eigenvalue weighted by atomic mass is 10.2. The van der Waals surface area contributed by atoms with Crippen molar-refractivity contribution in [1.29, 1.82) is 0 Å². The fourth-order valence-corrected chi connectivity index (χ4v) is 3.59. The van der Waals surface area contributed by atoms with Crippen molar-refractivity contribution in [3.63, 3.8) is 0 Å². The smallest absolute Gasteiger partial charge is 0.406 e. The van der Waals surface area contributed by atoms with Gasteiger partial charge in [-0.3, -0.25) is 9.52 Å². The van der Waals surface area contributed by atoms with Crippen molar-refractivity contribution in [1.82, 2.24) is 0 Å². The number of halogens is 5. The van der Waals surface area contributed by atoms with E-state index in [4.69, 9.17) is 0 Å². The van der Waals surface area contributed by atoms with Crippen LogP contribution in [0.4, 0.5) is 33.3 Å². The van der Waals surface area contributed by atoms with Gasteiger partial charge < -0.3 is 10.1 Å². The minimum Gasteiger partial charge on any atom is -0.406 e. The van der Waals surface area contributed by atoms with Crippen molar-refractivity contribution in [2.75, 3.05) is 10.0 Å². The van der Waals surface area contributed by atoms with Gasteiger partial charge in [0.25, 0.3) is 15.9 Å². The SMILES string of the molecule is O=C(Nc1cccc(OC(F)(F)F)c1)c1ccc(NS(=O)(=O)c2ccc(F)c(F)c2)cc1. The number of carbonyl (C=O) groups excluding carboxylic acids is 1. The van der Waals surface area contributed by atoms with Gasteiger partial charge in [0, 0.05) is 23.0 Å². The third kappa shape index (κ3) is 5.94. The molecule has 3 aromatic carbocycles. The van der Waals surface area contributed by atoms with Gasteiger partial charge in [0.1, 0.15) is 5.75 Å². The molecule has 0 heterocycles. The molecule has 3 rings (SSSR count). The molecule has 0 spiro atoms. The third-order valence-corrected chi connectivity index (χ3v) is 5.31. The number of alkyl halides is 3. The molecule has 0 bridgehead atoms. The van der Waals surface area contributed by atoms with Gasteiger partial charge >= 0.3 is 6.36 Å². The summed E-state index contributed by atoms with van der Waals surface area (Å²) < 4.78 is 93.7. The van der Waals surface area contributed by atoms with E-state index >= 15 is 0 Å². The van der Waals surface area contributed by atoms with Gasteiger partial charge in [-0.25, -0.2) is 17.2 Å². The average molecular weight is 472 g/mol. The Morgan fingerprint density at radius 2 is 1.53 bits per heavy atom. The lowest BCUT2D eigenvalue weighted by Crippen LogP contribution is -2.17. The van der Waals surface area contributed by atoms with E-state index in [1.54, 1.807) is 0 Å². The Kier molecular flexibility index (Phi) is 6.35. The van der Waals surface area contributed by atoms with E-state index in [2.05, 4.69) is 14.8 Å². The van der Waals surface area contributed by atoms with Crippen LogP contribution in [-0.4, -0.2) is 20.7 Å². The lowest BCUT2D eigenvalue weighted by molar-refractivity contribution is -0.274. The monoisotopic (exact) mass is 472 g/mol. The second kappa shape index (κ2) is 8.83. The van der Waals surface area contributed by atoms with E-state index in [1.807, 2.05) is 0 Å². The van der Waals surface area contributed by atoms with Crippen LogP contribution < -0.4 is 14.8 Å². The molecule has 6 nitrogen and oxygen atoms in total. The number of sulfonamides is 1. The standard InChI is InChI=1S/C20H13F5N2O4S/c21-17-9-8-16(11-18(17)22)32(29,30)27-13-6-4-12(5-7-13)19(28)26-14-2-1-3-15(10-14)31-20(23,24)25/h1-11,27H,(H,26,28). The van der Waals surface area contributed by atoms with Crippen LogP contribution in [0.5, 0.6) is 5.75 Å². The van der Waals surface area contributed by atoms with Crippen molar-refractivity contribution in [2.45, 2.75) is 11.3 Å². The summed E-state index contributed by atoms with van der Waals surface area (Å²) in [5.41, 5.74) is 0.148. The van der Waals surface area contributed by atoms with Crippen molar-refractivity contribution >= 4 is 27.3 Å². The molecule has 0 aliphatic carbocycles. The number of ether oxygens (including phenoxy) is 1. The second-order valence-corrected chi connectivity index (χ2v) is 7.97. The molecule has 168 valence electrons. The molecule has 0 saturated heterocycles. The Hall–Kier alpha value is -3.67. The van der Waals surface area contributed by atoms with E-state index in [0.717, 1.165) is 18.2 Å². The highest BCUT2D eigenvalue weighted by atomic mass is 32.2. The lowest BCUT2D eigenvalue weighted by Gasteiger charge is -2.11. The highest BCUT2D eigenvalue weighted by Gasteiger charge is 2.31. The number of anilines is 2. The van der Waals surface area contributed by atoms with Gasteiger partial charge in [-0.1, -0.05) is 6.07 Å². The van der Waals surface area contributed by atoms with Crippen LogP contribution in [0, 0.1) is 11.6 Å². The molecule has 0 saturated carbocycles. The van der Waals surface area contributed by atoms with Crippen LogP contribution in [0.15, 0.2) is 71.6 Å². The molecule has 0 fully saturated rings. The normalized spacial score (nSPS) is 11.7. The predicted octanol–water partition coefficient (Wildman–Crippen LogP) is 4.92. The Labute approximate surface area is 178 Å². The predicted molar refractivity (Wildman–Crippen MR) is 105 cm³/mol. The Balaban J connectivity index is 1.69. The van der Waals surface area contributed by atoms with Crippen molar-refractivity contribution in [3.8, 4) is 5.75 Å². The first-order valence-corrected chi connectivity index (χ1v) is 10.2. The first kappa shape index (κ1) is 23.0. The minimum atomic E-state index is -4.88. The molecule has 32 heavy (non-hydrogen) atoms. The Morgan fingerprint density at radius 3 is 2.16 bits per heavy atom.